The summed E-state index contributed by atoms with van der Waals surface area (Å²) in [6.45, 7) is 4.84. The van der Waals surface area contributed by atoms with Gasteiger partial charge in [0.2, 0.25) is 11.8 Å². The molecule has 8 nitrogen and oxygen atoms in total. The van der Waals surface area contributed by atoms with Gasteiger partial charge in [-0.3, -0.25) is 9.59 Å². The number of aromatic nitrogens is 2. The van der Waals surface area contributed by atoms with E-state index >= 15 is 0 Å². The van der Waals surface area contributed by atoms with Crippen molar-refractivity contribution in [3.05, 3.63) is 47.4 Å². The van der Waals surface area contributed by atoms with Crippen molar-refractivity contribution in [2.75, 3.05) is 25.6 Å². The molecule has 3 rings (SSSR count). The lowest BCUT2D eigenvalue weighted by molar-refractivity contribution is -0.124. The van der Waals surface area contributed by atoms with Crippen LogP contribution in [0.2, 0.25) is 0 Å². The summed E-state index contributed by atoms with van der Waals surface area (Å²) in [6.07, 6.45) is 6.89. The van der Waals surface area contributed by atoms with Crippen molar-refractivity contribution in [3.63, 3.8) is 0 Å². The summed E-state index contributed by atoms with van der Waals surface area (Å²) in [7, 11) is 1.61. The second-order valence-electron chi connectivity index (χ2n) is 8.98. The topological polar surface area (TPSA) is 97.3 Å². The number of amides is 2. The average molecular weight is 492 g/mol. The van der Waals surface area contributed by atoms with Crippen LogP contribution in [0.3, 0.4) is 0 Å². The highest BCUT2D eigenvalue weighted by Crippen LogP contribution is 2.26. The number of nitrogens with zero attached hydrogens (tertiary/aromatic N) is 2. The van der Waals surface area contributed by atoms with E-state index in [0.717, 1.165) is 18.9 Å². The van der Waals surface area contributed by atoms with Gasteiger partial charge in [-0.25, -0.2) is 13.8 Å². The van der Waals surface area contributed by atoms with Gasteiger partial charge in [0.1, 0.15) is 17.7 Å². The standard InChI is InChI=1S/C25H35F2N5O3/c1-4-6-22(30-19-8-7-17-11-18(26)12-21(27)20(17)13-19)25(34)31-23-14-32(15-29-23)16(2)24(33)28-9-5-10-35-3/h11-12,14-16,19,22,30H,4-10,13H2,1-3H3,(H,28,33)(H,31,34)/t16?,19-,22-/m0/s1. The third-order valence-corrected chi connectivity index (χ3v) is 6.30. The SMILES string of the molecule is CCC[C@H](N[C@H]1CCc2cc(F)cc(F)c2C1)C(=O)Nc1cn(C(C)C(=O)NCCCOC)cn1. The molecular formula is C25H35F2N5O3. The number of rotatable bonds is 12. The number of anilines is 1. The fraction of sp³-hybridized carbons (Fsp3) is 0.560. The minimum atomic E-state index is -0.562. The van der Waals surface area contributed by atoms with Gasteiger partial charge in [0, 0.05) is 38.6 Å². The maximum absolute atomic E-state index is 14.3. The minimum Gasteiger partial charge on any atom is -0.385 e. The fourth-order valence-electron chi connectivity index (χ4n) is 4.33. The molecule has 35 heavy (non-hydrogen) atoms. The van der Waals surface area contributed by atoms with Crippen molar-refractivity contribution in [1.29, 1.82) is 0 Å². The molecule has 192 valence electrons. The van der Waals surface area contributed by atoms with Gasteiger partial charge in [0.25, 0.3) is 0 Å². The van der Waals surface area contributed by atoms with Crippen molar-refractivity contribution in [1.82, 2.24) is 20.2 Å². The van der Waals surface area contributed by atoms with E-state index in [2.05, 4.69) is 20.9 Å². The summed E-state index contributed by atoms with van der Waals surface area (Å²) >= 11 is 0. The largest absolute Gasteiger partial charge is 0.385 e. The maximum atomic E-state index is 14.3. The predicted molar refractivity (Wildman–Crippen MR) is 129 cm³/mol. The molecule has 3 atom stereocenters. The zero-order chi connectivity index (χ0) is 25.4. The molecule has 1 unspecified atom stereocenters. The number of imidazole rings is 1. The molecule has 3 N–H and O–H groups in total. The van der Waals surface area contributed by atoms with Gasteiger partial charge in [-0.05, 0) is 56.2 Å². The van der Waals surface area contributed by atoms with E-state index in [-0.39, 0.29) is 17.9 Å². The van der Waals surface area contributed by atoms with Crippen molar-refractivity contribution in [3.8, 4) is 0 Å². The van der Waals surface area contributed by atoms with Crippen LogP contribution < -0.4 is 16.0 Å². The Morgan fingerprint density at radius 1 is 1.29 bits per heavy atom. The third kappa shape index (κ3) is 7.32. The Bertz CT molecular complexity index is 1010. The van der Waals surface area contributed by atoms with Gasteiger partial charge >= 0.3 is 0 Å². The molecule has 0 saturated carbocycles. The number of benzene rings is 1. The number of carbonyl (C=O) groups excluding carboxylic acids is 2. The lowest BCUT2D eigenvalue weighted by Gasteiger charge is -2.29. The first-order valence-corrected chi connectivity index (χ1v) is 12.2. The van der Waals surface area contributed by atoms with Crippen LogP contribution in [0, 0.1) is 11.6 Å². The second kappa shape index (κ2) is 12.7. The molecule has 0 spiro atoms. The number of fused-ring (bicyclic) bond motifs is 1. The highest BCUT2D eigenvalue weighted by molar-refractivity contribution is 5.94. The van der Waals surface area contributed by atoms with Crippen LogP contribution in [0.15, 0.2) is 24.7 Å². The van der Waals surface area contributed by atoms with E-state index in [1.165, 1.54) is 12.4 Å². The predicted octanol–water partition coefficient (Wildman–Crippen LogP) is 3.13. The molecule has 1 aromatic heterocycles. The Balaban J connectivity index is 1.57. The van der Waals surface area contributed by atoms with Crippen LogP contribution in [0.1, 0.15) is 56.7 Å². The Hall–Kier alpha value is -2.85. The van der Waals surface area contributed by atoms with E-state index < -0.39 is 23.7 Å². The fourth-order valence-corrected chi connectivity index (χ4v) is 4.33. The molecule has 1 heterocycles. The highest BCUT2D eigenvalue weighted by atomic mass is 19.1. The molecule has 0 radical (unpaired) electrons. The minimum absolute atomic E-state index is 0.0934. The second-order valence-corrected chi connectivity index (χ2v) is 8.98. The number of carbonyl (C=O) groups is 2. The van der Waals surface area contributed by atoms with Gasteiger partial charge in [-0.2, -0.15) is 0 Å². The zero-order valence-electron chi connectivity index (χ0n) is 20.6. The number of hydrogen-bond donors (Lipinski definition) is 3. The Kier molecular flexibility index (Phi) is 9.73. The molecule has 1 aromatic carbocycles. The van der Waals surface area contributed by atoms with Gasteiger partial charge in [0.05, 0.1) is 12.4 Å². The first-order valence-electron chi connectivity index (χ1n) is 12.2. The maximum Gasteiger partial charge on any atom is 0.242 e. The van der Waals surface area contributed by atoms with Gasteiger partial charge in [-0.1, -0.05) is 13.3 Å². The molecule has 2 amide bonds. The number of aryl methyl sites for hydroxylation is 1. The highest BCUT2D eigenvalue weighted by Gasteiger charge is 2.27. The van der Waals surface area contributed by atoms with E-state index in [1.54, 1.807) is 24.8 Å². The summed E-state index contributed by atoms with van der Waals surface area (Å²) in [4.78, 5) is 29.6. The number of nitrogens with one attached hydrogen (secondary N) is 3. The first-order chi connectivity index (χ1) is 16.8. The van der Waals surface area contributed by atoms with Gasteiger partial charge in [-0.15, -0.1) is 0 Å². The lowest BCUT2D eigenvalue weighted by Crippen LogP contribution is -2.48. The van der Waals surface area contributed by atoms with Crippen molar-refractivity contribution < 1.29 is 23.1 Å². The van der Waals surface area contributed by atoms with Crippen LogP contribution in [0.5, 0.6) is 0 Å². The Morgan fingerprint density at radius 2 is 2.09 bits per heavy atom. The zero-order valence-corrected chi connectivity index (χ0v) is 20.6. The number of halogens is 2. The molecule has 2 aromatic rings. The summed E-state index contributed by atoms with van der Waals surface area (Å²) in [6, 6.07) is 1.24. The number of hydrogen-bond acceptors (Lipinski definition) is 5. The summed E-state index contributed by atoms with van der Waals surface area (Å²) in [5.41, 5.74) is 1.21. The Labute approximate surface area is 204 Å². The van der Waals surface area contributed by atoms with Crippen LogP contribution in [-0.2, 0) is 27.2 Å². The summed E-state index contributed by atoms with van der Waals surface area (Å²) in [5, 5.41) is 9.03. The smallest absolute Gasteiger partial charge is 0.242 e. The van der Waals surface area contributed by atoms with Crippen LogP contribution >= 0.6 is 0 Å². The number of methoxy groups -OCH3 is 1. The molecular weight excluding hydrogens is 456 g/mol. The lowest BCUT2D eigenvalue weighted by atomic mass is 9.87. The van der Waals surface area contributed by atoms with E-state index in [1.807, 2.05) is 6.92 Å². The van der Waals surface area contributed by atoms with Gasteiger partial charge in [0.15, 0.2) is 5.82 Å². The normalized spacial score (nSPS) is 16.9. The van der Waals surface area contributed by atoms with Crippen LogP contribution in [0.25, 0.3) is 0 Å². The molecule has 0 bridgehead atoms. The third-order valence-electron chi connectivity index (χ3n) is 6.30. The first kappa shape index (κ1) is 26.7. The average Bonchev–Trinajstić information content (AvgIpc) is 3.29. The Morgan fingerprint density at radius 3 is 2.83 bits per heavy atom. The summed E-state index contributed by atoms with van der Waals surface area (Å²) < 4.78 is 34.4. The van der Waals surface area contributed by atoms with Gasteiger partial charge < -0.3 is 25.3 Å². The number of ether oxygens (including phenoxy) is 1. The van der Waals surface area contributed by atoms with E-state index in [0.29, 0.717) is 55.8 Å². The molecule has 0 fully saturated rings. The van der Waals surface area contributed by atoms with Crippen LogP contribution in [-0.4, -0.2) is 53.7 Å². The van der Waals surface area contributed by atoms with E-state index in [4.69, 9.17) is 4.74 Å². The van der Waals surface area contributed by atoms with Crippen molar-refractivity contribution >= 4 is 17.6 Å². The molecule has 0 aliphatic heterocycles. The summed E-state index contributed by atoms with van der Waals surface area (Å²) in [5.74, 6) is -1.13. The molecule has 10 heteroatoms. The molecule has 1 aliphatic carbocycles. The molecule has 0 saturated heterocycles. The van der Waals surface area contributed by atoms with Crippen LogP contribution in [0.4, 0.5) is 14.6 Å². The monoisotopic (exact) mass is 491 g/mol. The van der Waals surface area contributed by atoms with Crippen molar-refractivity contribution in [2.45, 2.75) is 70.5 Å². The molecule has 1 aliphatic rings. The van der Waals surface area contributed by atoms with E-state index in [9.17, 15) is 18.4 Å². The quantitative estimate of drug-likeness (QED) is 0.397. The van der Waals surface area contributed by atoms with Crippen molar-refractivity contribution in [2.24, 2.45) is 0 Å².